The molecule has 1 saturated heterocycles. The summed E-state index contributed by atoms with van der Waals surface area (Å²) in [5, 5.41) is 8.92. The van der Waals surface area contributed by atoms with Crippen molar-refractivity contribution in [1.29, 1.82) is 0 Å². The minimum atomic E-state index is -0.338. The van der Waals surface area contributed by atoms with E-state index in [0.717, 1.165) is 0 Å². The fourth-order valence-corrected chi connectivity index (χ4v) is 2.48. The number of guanidine groups is 1. The number of hydrogen-bond donors (Lipinski definition) is 3. The van der Waals surface area contributed by atoms with E-state index in [4.69, 9.17) is 0 Å². The van der Waals surface area contributed by atoms with Crippen LogP contribution in [0.1, 0.15) is 19.4 Å². The third kappa shape index (κ3) is 5.87. The van der Waals surface area contributed by atoms with Crippen molar-refractivity contribution in [2.24, 2.45) is 4.99 Å². The highest BCUT2D eigenvalue weighted by Crippen LogP contribution is 2.21. The summed E-state index contributed by atoms with van der Waals surface area (Å²) >= 11 is 0. The Kier molecular flexibility index (Phi) is 8.14. The molecule has 0 bridgehead atoms. The van der Waals surface area contributed by atoms with Crippen LogP contribution in [0.4, 0.5) is 4.79 Å². The number of benzene rings is 1. The van der Waals surface area contributed by atoms with E-state index in [1.807, 2.05) is 18.2 Å². The van der Waals surface area contributed by atoms with Crippen LogP contribution in [0.3, 0.4) is 0 Å². The van der Waals surface area contributed by atoms with Crippen molar-refractivity contribution in [3.8, 4) is 0 Å². The second-order valence-corrected chi connectivity index (χ2v) is 6.31. The molecule has 0 radical (unpaired) electrons. The molecular weight excluding hydrogens is 433 g/mol. The maximum atomic E-state index is 11.5. The van der Waals surface area contributed by atoms with Gasteiger partial charge in [-0.15, -0.1) is 24.0 Å². The molecule has 3 N–H and O–H groups in total. The number of carbonyl (C=O) groups is 2. The molecule has 0 aliphatic carbocycles. The van der Waals surface area contributed by atoms with Crippen LogP contribution in [0.15, 0.2) is 35.3 Å². The number of nitrogens with one attached hydrogen (secondary N) is 3. The second kappa shape index (κ2) is 9.59. The highest BCUT2D eigenvalue weighted by molar-refractivity contribution is 14.0. The van der Waals surface area contributed by atoms with Gasteiger partial charge in [0.25, 0.3) is 0 Å². The van der Waals surface area contributed by atoms with Crippen LogP contribution in [0, 0.1) is 0 Å². The molecule has 1 aliphatic heterocycles. The third-order valence-electron chi connectivity index (χ3n) is 4.04. The Bertz CT molecular complexity index is 603. The Morgan fingerprint density at radius 3 is 2.48 bits per heavy atom. The zero-order valence-corrected chi connectivity index (χ0v) is 17.2. The molecule has 0 spiro atoms. The molecule has 7 nitrogen and oxygen atoms in total. The number of aliphatic imine (C=N–C) groups is 1. The lowest BCUT2D eigenvalue weighted by Gasteiger charge is -2.27. The molecule has 1 aromatic rings. The fourth-order valence-electron chi connectivity index (χ4n) is 2.48. The second-order valence-electron chi connectivity index (χ2n) is 6.31. The first-order valence-corrected chi connectivity index (χ1v) is 8.02. The highest BCUT2D eigenvalue weighted by Gasteiger charge is 2.27. The average Bonchev–Trinajstić information content (AvgIpc) is 2.90. The van der Waals surface area contributed by atoms with Crippen molar-refractivity contribution in [2.45, 2.75) is 19.3 Å². The van der Waals surface area contributed by atoms with E-state index in [-0.39, 0.29) is 47.9 Å². The van der Waals surface area contributed by atoms with E-state index in [1.165, 1.54) is 10.5 Å². The molecule has 1 aliphatic rings. The summed E-state index contributed by atoms with van der Waals surface area (Å²) in [6.07, 6.45) is 0. The number of hydrogen-bond acceptors (Lipinski definition) is 3. The smallest absolute Gasteiger partial charge is 0.324 e. The number of rotatable bonds is 6. The number of nitrogens with zero attached hydrogens (tertiary/aromatic N) is 2. The van der Waals surface area contributed by atoms with E-state index in [2.05, 4.69) is 46.9 Å². The molecule has 25 heavy (non-hydrogen) atoms. The van der Waals surface area contributed by atoms with E-state index in [0.29, 0.717) is 25.6 Å². The molecule has 0 unspecified atom stereocenters. The zero-order chi connectivity index (χ0) is 17.6. The third-order valence-corrected chi connectivity index (χ3v) is 4.04. The summed E-state index contributed by atoms with van der Waals surface area (Å²) in [6, 6.07) is 9.94. The average molecular weight is 459 g/mol. The molecular formula is C17H26IN5O2. The van der Waals surface area contributed by atoms with Crippen LogP contribution < -0.4 is 16.0 Å². The molecule has 0 aromatic heterocycles. The Hall–Kier alpha value is -1.84. The van der Waals surface area contributed by atoms with E-state index < -0.39 is 0 Å². The Morgan fingerprint density at radius 1 is 1.24 bits per heavy atom. The maximum Gasteiger partial charge on any atom is 0.324 e. The number of carbonyl (C=O) groups excluding carboxylic acids is 2. The van der Waals surface area contributed by atoms with Gasteiger partial charge in [-0.2, -0.15) is 0 Å². The van der Waals surface area contributed by atoms with Gasteiger partial charge >= 0.3 is 6.03 Å². The zero-order valence-electron chi connectivity index (χ0n) is 14.8. The number of imide groups is 1. The number of urea groups is 1. The molecule has 1 fully saturated rings. The van der Waals surface area contributed by atoms with Crippen molar-refractivity contribution in [2.75, 3.05) is 33.2 Å². The first-order valence-electron chi connectivity index (χ1n) is 8.02. The van der Waals surface area contributed by atoms with Gasteiger partial charge in [0.05, 0.1) is 6.54 Å². The molecule has 1 aromatic carbocycles. The lowest BCUT2D eigenvalue weighted by molar-refractivity contribution is -0.124. The van der Waals surface area contributed by atoms with Crippen LogP contribution >= 0.6 is 24.0 Å². The maximum absolute atomic E-state index is 11.5. The van der Waals surface area contributed by atoms with E-state index in [9.17, 15) is 9.59 Å². The Balaban J connectivity index is 0.00000312. The van der Waals surface area contributed by atoms with Crippen LogP contribution in [-0.4, -0.2) is 56.0 Å². The van der Waals surface area contributed by atoms with Gasteiger partial charge in [0.1, 0.15) is 0 Å². The van der Waals surface area contributed by atoms with E-state index in [1.54, 1.807) is 7.05 Å². The molecule has 1 heterocycles. The lowest BCUT2D eigenvalue weighted by atomic mass is 9.85. The minimum Gasteiger partial charge on any atom is -0.356 e. The molecule has 3 amide bonds. The van der Waals surface area contributed by atoms with Gasteiger partial charge in [-0.25, -0.2) is 4.79 Å². The molecule has 2 rings (SSSR count). The summed E-state index contributed by atoms with van der Waals surface area (Å²) in [5.41, 5.74) is 1.19. The molecule has 138 valence electrons. The van der Waals surface area contributed by atoms with Gasteiger partial charge in [0, 0.05) is 32.1 Å². The van der Waals surface area contributed by atoms with Gasteiger partial charge in [-0.3, -0.25) is 14.7 Å². The van der Waals surface area contributed by atoms with Crippen LogP contribution in [0.2, 0.25) is 0 Å². The van der Waals surface area contributed by atoms with Gasteiger partial charge in [-0.1, -0.05) is 44.2 Å². The van der Waals surface area contributed by atoms with Crippen molar-refractivity contribution < 1.29 is 9.59 Å². The predicted octanol–water partition coefficient (Wildman–Crippen LogP) is 1.30. The monoisotopic (exact) mass is 459 g/mol. The normalized spacial score (nSPS) is 14.8. The molecule has 0 saturated carbocycles. The van der Waals surface area contributed by atoms with Crippen molar-refractivity contribution in [1.82, 2.24) is 20.9 Å². The van der Waals surface area contributed by atoms with Gasteiger partial charge in [-0.05, 0) is 5.56 Å². The molecule has 0 atom stereocenters. The SMILES string of the molecule is CN=C(NCCN1C(=O)CNC1=O)NCC(C)(C)c1ccccc1.I. The first kappa shape index (κ1) is 21.2. The van der Waals surface area contributed by atoms with Crippen molar-refractivity contribution in [3.05, 3.63) is 35.9 Å². The summed E-state index contributed by atoms with van der Waals surface area (Å²) in [6.45, 7) is 5.88. The van der Waals surface area contributed by atoms with Crippen LogP contribution in [-0.2, 0) is 10.2 Å². The topological polar surface area (TPSA) is 85.8 Å². The largest absolute Gasteiger partial charge is 0.356 e. The lowest BCUT2D eigenvalue weighted by Crippen LogP contribution is -2.46. The fraction of sp³-hybridized carbons (Fsp3) is 0.471. The van der Waals surface area contributed by atoms with Gasteiger partial charge < -0.3 is 16.0 Å². The Labute approximate surface area is 165 Å². The first-order chi connectivity index (χ1) is 11.4. The number of halogens is 1. The van der Waals surface area contributed by atoms with Gasteiger partial charge in [0.15, 0.2) is 5.96 Å². The van der Waals surface area contributed by atoms with E-state index >= 15 is 0 Å². The van der Waals surface area contributed by atoms with Crippen LogP contribution in [0.25, 0.3) is 0 Å². The summed E-state index contributed by atoms with van der Waals surface area (Å²) < 4.78 is 0. The quantitative estimate of drug-likeness (QED) is 0.259. The van der Waals surface area contributed by atoms with Gasteiger partial charge in [0.2, 0.25) is 5.91 Å². The molecule has 8 heteroatoms. The predicted molar refractivity (Wildman–Crippen MR) is 109 cm³/mol. The van der Waals surface area contributed by atoms with Crippen molar-refractivity contribution in [3.63, 3.8) is 0 Å². The number of amides is 3. The Morgan fingerprint density at radius 2 is 1.92 bits per heavy atom. The minimum absolute atomic E-state index is 0. The van der Waals surface area contributed by atoms with Crippen LogP contribution in [0.5, 0.6) is 0 Å². The van der Waals surface area contributed by atoms with Crippen molar-refractivity contribution >= 4 is 41.9 Å². The highest BCUT2D eigenvalue weighted by atomic mass is 127. The standard InChI is InChI=1S/C17H25N5O2.HI/c1-17(2,13-7-5-4-6-8-13)12-21-15(18-3)19-9-10-22-14(23)11-20-16(22)24;/h4-8H,9-12H2,1-3H3,(H,20,24)(H2,18,19,21);1H. The summed E-state index contributed by atoms with van der Waals surface area (Å²) in [5.74, 6) is 0.445. The summed E-state index contributed by atoms with van der Waals surface area (Å²) in [4.78, 5) is 28.4. The summed E-state index contributed by atoms with van der Waals surface area (Å²) in [7, 11) is 1.69.